The molecule has 1 aromatic heterocycles. The molecule has 2 N–H and O–H groups in total. The van der Waals surface area contributed by atoms with Crippen LogP contribution < -0.4 is 10.6 Å². The quantitative estimate of drug-likeness (QED) is 0.490. The number of halogens is 1. The number of amides is 3. The summed E-state index contributed by atoms with van der Waals surface area (Å²) in [6, 6.07) is 17.3. The molecule has 9 heteroatoms. The molecule has 0 saturated heterocycles. The van der Waals surface area contributed by atoms with E-state index in [0.29, 0.717) is 24.1 Å². The van der Waals surface area contributed by atoms with Crippen molar-refractivity contribution in [2.75, 3.05) is 6.54 Å². The Bertz CT molecular complexity index is 1030. The van der Waals surface area contributed by atoms with Crippen molar-refractivity contribution in [2.45, 2.75) is 30.8 Å². The monoisotopic (exact) mass is 487 g/mol. The second-order valence-corrected chi connectivity index (χ2v) is 8.63. The van der Waals surface area contributed by atoms with Crippen LogP contribution >= 0.6 is 27.7 Å². The van der Waals surface area contributed by atoms with Crippen molar-refractivity contribution in [1.29, 1.82) is 0 Å². The topological polar surface area (TPSA) is 88.9 Å². The zero-order chi connectivity index (χ0) is 21.5. The van der Waals surface area contributed by atoms with E-state index in [1.54, 1.807) is 13.8 Å². The Morgan fingerprint density at radius 2 is 1.80 bits per heavy atom. The Balaban J connectivity index is 1.89. The first-order valence-electron chi connectivity index (χ1n) is 9.47. The highest BCUT2D eigenvalue weighted by Crippen LogP contribution is 2.31. The normalized spacial score (nSPS) is 11.7. The average Bonchev–Trinajstić information content (AvgIpc) is 3.11. The first-order chi connectivity index (χ1) is 14.5. The van der Waals surface area contributed by atoms with Gasteiger partial charge in [-0.2, -0.15) is 0 Å². The fourth-order valence-corrected chi connectivity index (χ4v) is 4.07. The summed E-state index contributed by atoms with van der Waals surface area (Å²) in [7, 11) is 0. The van der Waals surface area contributed by atoms with Crippen LogP contribution in [-0.4, -0.2) is 38.5 Å². The molecule has 7 nitrogen and oxygen atoms in total. The van der Waals surface area contributed by atoms with Gasteiger partial charge in [-0.05, 0) is 25.5 Å². The van der Waals surface area contributed by atoms with Gasteiger partial charge in [0.05, 0.1) is 11.8 Å². The number of thioether (sulfide) groups is 1. The lowest BCUT2D eigenvalue weighted by Gasteiger charge is -2.14. The number of carbonyl (C=O) groups is 2. The SMILES string of the molecule is CCNC(=O)NC(=O)C(C)Sc1nnc(-c2ccccc2Br)n1Cc1ccccc1. The molecule has 2 aromatic carbocycles. The van der Waals surface area contributed by atoms with Gasteiger partial charge in [0.25, 0.3) is 0 Å². The number of aromatic nitrogens is 3. The van der Waals surface area contributed by atoms with Crippen LogP contribution in [0.1, 0.15) is 19.4 Å². The molecule has 0 bridgehead atoms. The van der Waals surface area contributed by atoms with E-state index < -0.39 is 11.3 Å². The second-order valence-electron chi connectivity index (χ2n) is 6.47. The number of nitrogens with one attached hydrogen (secondary N) is 2. The highest BCUT2D eigenvalue weighted by atomic mass is 79.9. The third-order valence-corrected chi connectivity index (χ3v) is 6.01. The van der Waals surface area contributed by atoms with Gasteiger partial charge in [-0.1, -0.05) is 76.2 Å². The van der Waals surface area contributed by atoms with Gasteiger partial charge in [0.1, 0.15) is 0 Å². The molecule has 0 radical (unpaired) electrons. The maximum atomic E-state index is 12.4. The number of urea groups is 1. The van der Waals surface area contributed by atoms with Crippen LogP contribution in [0.4, 0.5) is 4.79 Å². The highest BCUT2D eigenvalue weighted by Gasteiger charge is 2.23. The minimum Gasteiger partial charge on any atom is -0.338 e. The standard InChI is InChI=1S/C21H22BrN5O2S/c1-3-23-20(29)24-19(28)14(2)30-21-26-25-18(16-11-7-8-12-17(16)22)27(21)13-15-9-5-4-6-10-15/h4-12,14H,3,13H2,1-2H3,(H2,23,24,28,29). The lowest BCUT2D eigenvalue weighted by Crippen LogP contribution is -2.42. The van der Waals surface area contributed by atoms with Gasteiger partial charge in [-0.25, -0.2) is 4.79 Å². The maximum absolute atomic E-state index is 12.4. The van der Waals surface area contributed by atoms with Crippen molar-refractivity contribution in [1.82, 2.24) is 25.4 Å². The Hall–Kier alpha value is -2.65. The van der Waals surface area contributed by atoms with E-state index in [4.69, 9.17) is 0 Å². The van der Waals surface area contributed by atoms with E-state index in [-0.39, 0.29) is 5.91 Å². The zero-order valence-corrected chi connectivity index (χ0v) is 19.0. The molecule has 3 rings (SSSR count). The molecular weight excluding hydrogens is 466 g/mol. The largest absolute Gasteiger partial charge is 0.338 e. The molecule has 3 amide bonds. The number of hydrogen-bond acceptors (Lipinski definition) is 5. The van der Waals surface area contributed by atoms with Gasteiger partial charge < -0.3 is 5.32 Å². The number of benzene rings is 2. The van der Waals surface area contributed by atoms with Crippen LogP contribution in [0.5, 0.6) is 0 Å². The van der Waals surface area contributed by atoms with E-state index in [1.807, 2.05) is 59.2 Å². The van der Waals surface area contributed by atoms with E-state index in [1.165, 1.54) is 11.8 Å². The smallest absolute Gasteiger partial charge is 0.321 e. The predicted molar refractivity (Wildman–Crippen MR) is 121 cm³/mol. The Morgan fingerprint density at radius 3 is 2.50 bits per heavy atom. The van der Waals surface area contributed by atoms with Crippen LogP contribution in [0.2, 0.25) is 0 Å². The number of nitrogens with zero attached hydrogens (tertiary/aromatic N) is 3. The summed E-state index contributed by atoms with van der Waals surface area (Å²) in [5, 5.41) is 13.7. The molecule has 30 heavy (non-hydrogen) atoms. The van der Waals surface area contributed by atoms with Crippen molar-refractivity contribution >= 4 is 39.6 Å². The number of rotatable bonds is 7. The number of carbonyl (C=O) groups excluding carboxylic acids is 2. The molecule has 1 atom stereocenters. The molecule has 3 aromatic rings. The fourth-order valence-electron chi connectivity index (χ4n) is 2.76. The summed E-state index contributed by atoms with van der Waals surface area (Å²) < 4.78 is 2.89. The lowest BCUT2D eigenvalue weighted by atomic mass is 10.2. The van der Waals surface area contributed by atoms with Crippen LogP contribution in [-0.2, 0) is 11.3 Å². The lowest BCUT2D eigenvalue weighted by molar-refractivity contribution is -0.119. The minimum absolute atomic E-state index is 0.386. The summed E-state index contributed by atoms with van der Waals surface area (Å²) in [5.74, 6) is 0.313. The Morgan fingerprint density at radius 1 is 1.10 bits per heavy atom. The van der Waals surface area contributed by atoms with E-state index >= 15 is 0 Å². The molecule has 0 spiro atoms. The van der Waals surface area contributed by atoms with E-state index in [9.17, 15) is 9.59 Å². The first kappa shape index (κ1) is 22.0. The van der Waals surface area contributed by atoms with Crippen LogP contribution in [0.3, 0.4) is 0 Å². The third kappa shape index (κ3) is 5.48. The van der Waals surface area contributed by atoms with Gasteiger partial charge in [0.2, 0.25) is 5.91 Å². The maximum Gasteiger partial charge on any atom is 0.321 e. The van der Waals surface area contributed by atoms with Crippen LogP contribution in [0.15, 0.2) is 64.2 Å². The average molecular weight is 488 g/mol. The number of hydrogen-bond donors (Lipinski definition) is 2. The van der Waals surface area contributed by atoms with Gasteiger partial charge in [-0.3, -0.25) is 14.7 Å². The molecule has 0 saturated carbocycles. The summed E-state index contributed by atoms with van der Waals surface area (Å²) in [6.07, 6.45) is 0. The van der Waals surface area contributed by atoms with Crippen molar-refractivity contribution in [3.63, 3.8) is 0 Å². The van der Waals surface area contributed by atoms with Crippen molar-refractivity contribution in [3.05, 3.63) is 64.6 Å². The van der Waals surface area contributed by atoms with Gasteiger partial charge in [0, 0.05) is 16.6 Å². The van der Waals surface area contributed by atoms with Crippen molar-refractivity contribution < 1.29 is 9.59 Å². The molecule has 0 aliphatic rings. The van der Waals surface area contributed by atoms with Crippen molar-refractivity contribution in [3.8, 4) is 11.4 Å². The molecular formula is C21H22BrN5O2S. The predicted octanol–water partition coefficient (Wildman–Crippen LogP) is 4.08. The van der Waals surface area contributed by atoms with Crippen LogP contribution in [0.25, 0.3) is 11.4 Å². The molecule has 1 heterocycles. The third-order valence-electron chi connectivity index (χ3n) is 4.24. The molecule has 0 aliphatic heterocycles. The molecule has 156 valence electrons. The molecule has 0 aliphatic carbocycles. The fraction of sp³-hybridized carbons (Fsp3) is 0.238. The van der Waals surface area contributed by atoms with E-state index in [0.717, 1.165) is 15.6 Å². The zero-order valence-electron chi connectivity index (χ0n) is 16.6. The first-order valence-corrected chi connectivity index (χ1v) is 11.1. The summed E-state index contributed by atoms with van der Waals surface area (Å²) in [4.78, 5) is 24.0. The van der Waals surface area contributed by atoms with Gasteiger partial charge >= 0.3 is 6.03 Å². The minimum atomic E-state index is -0.529. The van der Waals surface area contributed by atoms with Gasteiger partial charge in [-0.15, -0.1) is 10.2 Å². The van der Waals surface area contributed by atoms with Gasteiger partial charge in [0.15, 0.2) is 11.0 Å². The summed E-state index contributed by atoms with van der Waals surface area (Å²) in [6.45, 7) is 4.52. The van der Waals surface area contributed by atoms with E-state index in [2.05, 4.69) is 36.8 Å². The molecule has 0 fully saturated rings. The second kappa shape index (κ2) is 10.4. The summed E-state index contributed by atoms with van der Waals surface area (Å²) in [5.41, 5.74) is 2.00. The highest BCUT2D eigenvalue weighted by molar-refractivity contribution is 9.10. The Kier molecular flexibility index (Phi) is 7.64. The molecule has 1 unspecified atom stereocenters. The van der Waals surface area contributed by atoms with Crippen LogP contribution in [0, 0.1) is 0 Å². The number of imide groups is 1. The van der Waals surface area contributed by atoms with Crippen molar-refractivity contribution in [2.24, 2.45) is 0 Å². The summed E-state index contributed by atoms with van der Waals surface area (Å²) >= 11 is 4.84. The Labute approximate surface area is 187 Å².